The van der Waals surface area contributed by atoms with Gasteiger partial charge in [-0.3, -0.25) is 9.89 Å². The lowest BCUT2D eigenvalue weighted by Gasteiger charge is -2.19. The summed E-state index contributed by atoms with van der Waals surface area (Å²) in [5.41, 5.74) is 0. The van der Waals surface area contributed by atoms with Crippen molar-refractivity contribution in [2.75, 3.05) is 19.6 Å². The molecule has 1 aromatic rings. The summed E-state index contributed by atoms with van der Waals surface area (Å²) in [6, 6.07) is 0.149. The van der Waals surface area contributed by atoms with Gasteiger partial charge < -0.3 is 10.2 Å². The van der Waals surface area contributed by atoms with E-state index >= 15 is 0 Å². The zero-order valence-electron chi connectivity index (χ0n) is 13.4. The molecule has 0 saturated heterocycles. The minimum Gasteiger partial charge on any atom is -0.347 e. The second kappa shape index (κ2) is 7.54. The Kier molecular flexibility index (Phi) is 5.73. The molecular formula is C15H27N5O. The molecule has 0 aliphatic heterocycles. The van der Waals surface area contributed by atoms with E-state index in [2.05, 4.69) is 39.2 Å². The molecule has 1 fully saturated rings. The van der Waals surface area contributed by atoms with E-state index in [9.17, 15) is 4.79 Å². The van der Waals surface area contributed by atoms with Crippen LogP contribution in [0.2, 0.25) is 0 Å². The van der Waals surface area contributed by atoms with Gasteiger partial charge in [0, 0.05) is 12.0 Å². The summed E-state index contributed by atoms with van der Waals surface area (Å²) in [6.45, 7) is 9.63. The molecule has 1 amide bonds. The van der Waals surface area contributed by atoms with Crippen molar-refractivity contribution in [3.8, 4) is 0 Å². The fraction of sp³-hybridized carbons (Fsp3) is 0.800. The molecule has 118 valence electrons. The molecule has 0 aromatic carbocycles. The molecule has 1 aliphatic rings. The number of nitrogens with zero attached hydrogens (tertiary/aromatic N) is 3. The SMILES string of the molecule is CCN(CC)CCCC(C)NC(=O)c1n[nH]c(C2CC2)n1. The molecule has 2 rings (SSSR count). The number of H-pyrrole nitrogens is 1. The Morgan fingerprint density at radius 2 is 2.14 bits per heavy atom. The quantitative estimate of drug-likeness (QED) is 0.729. The van der Waals surface area contributed by atoms with Gasteiger partial charge in [-0.05, 0) is 52.2 Å². The van der Waals surface area contributed by atoms with E-state index in [-0.39, 0.29) is 17.8 Å². The van der Waals surface area contributed by atoms with Gasteiger partial charge in [-0.1, -0.05) is 13.8 Å². The Morgan fingerprint density at radius 3 is 2.76 bits per heavy atom. The second-order valence-electron chi connectivity index (χ2n) is 5.86. The third-order valence-electron chi connectivity index (χ3n) is 4.05. The second-order valence-corrected chi connectivity index (χ2v) is 5.86. The highest BCUT2D eigenvalue weighted by molar-refractivity contribution is 5.90. The first-order valence-electron chi connectivity index (χ1n) is 8.09. The van der Waals surface area contributed by atoms with Crippen molar-refractivity contribution in [3.05, 3.63) is 11.6 Å². The van der Waals surface area contributed by atoms with Crippen LogP contribution in [0.15, 0.2) is 0 Å². The smallest absolute Gasteiger partial charge is 0.291 e. The lowest BCUT2D eigenvalue weighted by molar-refractivity contribution is 0.0927. The summed E-state index contributed by atoms with van der Waals surface area (Å²) in [4.78, 5) is 18.7. The van der Waals surface area contributed by atoms with Crippen LogP contribution in [0.25, 0.3) is 0 Å². The average Bonchev–Trinajstić information content (AvgIpc) is 3.21. The maximum absolute atomic E-state index is 12.1. The predicted molar refractivity (Wildman–Crippen MR) is 82.3 cm³/mol. The molecular weight excluding hydrogens is 266 g/mol. The van der Waals surface area contributed by atoms with E-state index < -0.39 is 0 Å². The van der Waals surface area contributed by atoms with Crippen molar-refractivity contribution in [2.45, 2.75) is 58.4 Å². The van der Waals surface area contributed by atoms with Crippen molar-refractivity contribution in [1.29, 1.82) is 0 Å². The van der Waals surface area contributed by atoms with Gasteiger partial charge in [-0.2, -0.15) is 0 Å². The molecule has 1 heterocycles. The molecule has 1 aliphatic carbocycles. The summed E-state index contributed by atoms with van der Waals surface area (Å²) in [5, 5.41) is 9.85. The Morgan fingerprint density at radius 1 is 1.43 bits per heavy atom. The summed E-state index contributed by atoms with van der Waals surface area (Å²) < 4.78 is 0. The number of aromatic nitrogens is 3. The van der Waals surface area contributed by atoms with Gasteiger partial charge in [0.05, 0.1) is 0 Å². The van der Waals surface area contributed by atoms with E-state index in [1.807, 2.05) is 6.92 Å². The zero-order valence-corrected chi connectivity index (χ0v) is 13.4. The number of carbonyl (C=O) groups excluding carboxylic acids is 1. The van der Waals surface area contributed by atoms with E-state index in [0.717, 1.165) is 51.1 Å². The molecule has 0 radical (unpaired) electrons. The number of aromatic amines is 1. The summed E-state index contributed by atoms with van der Waals surface area (Å²) in [5.74, 6) is 1.45. The van der Waals surface area contributed by atoms with Crippen molar-refractivity contribution in [2.24, 2.45) is 0 Å². The van der Waals surface area contributed by atoms with Crippen LogP contribution < -0.4 is 5.32 Å². The molecule has 2 N–H and O–H groups in total. The van der Waals surface area contributed by atoms with E-state index in [4.69, 9.17) is 0 Å². The van der Waals surface area contributed by atoms with E-state index in [0.29, 0.717) is 5.92 Å². The predicted octanol–water partition coefficient (Wildman–Crippen LogP) is 1.92. The van der Waals surface area contributed by atoms with Gasteiger partial charge in [0.15, 0.2) is 0 Å². The van der Waals surface area contributed by atoms with Crippen molar-refractivity contribution >= 4 is 5.91 Å². The van der Waals surface area contributed by atoms with Crippen LogP contribution in [0.3, 0.4) is 0 Å². The fourth-order valence-corrected chi connectivity index (χ4v) is 2.44. The van der Waals surface area contributed by atoms with Crippen LogP contribution in [0.5, 0.6) is 0 Å². The summed E-state index contributed by atoms with van der Waals surface area (Å²) in [6.07, 6.45) is 4.36. The minimum absolute atomic E-state index is 0.149. The molecule has 0 spiro atoms. The monoisotopic (exact) mass is 293 g/mol. The first kappa shape index (κ1) is 15.9. The van der Waals surface area contributed by atoms with Crippen LogP contribution in [-0.2, 0) is 0 Å². The maximum Gasteiger partial charge on any atom is 0.291 e. The number of hydrogen-bond donors (Lipinski definition) is 2. The number of nitrogens with one attached hydrogen (secondary N) is 2. The van der Waals surface area contributed by atoms with E-state index in [1.54, 1.807) is 0 Å². The Bertz CT molecular complexity index is 451. The lowest BCUT2D eigenvalue weighted by atomic mass is 10.1. The number of amides is 1. The van der Waals surface area contributed by atoms with Gasteiger partial charge in [-0.25, -0.2) is 4.98 Å². The minimum atomic E-state index is -0.173. The van der Waals surface area contributed by atoms with Gasteiger partial charge in [0.2, 0.25) is 5.82 Å². The van der Waals surface area contributed by atoms with Crippen LogP contribution in [-0.4, -0.2) is 51.7 Å². The zero-order chi connectivity index (χ0) is 15.2. The summed E-state index contributed by atoms with van der Waals surface area (Å²) >= 11 is 0. The lowest BCUT2D eigenvalue weighted by Crippen LogP contribution is -2.34. The topological polar surface area (TPSA) is 73.9 Å². The number of rotatable bonds is 9. The van der Waals surface area contributed by atoms with Crippen LogP contribution in [0, 0.1) is 0 Å². The maximum atomic E-state index is 12.1. The molecule has 21 heavy (non-hydrogen) atoms. The molecule has 1 saturated carbocycles. The number of hydrogen-bond acceptors (Lipinski definition) is 4. The first-order chi connectivity index (χ1) is 10.1. The summed E-state index contributed by atoms with van der Waals surface area (Å²) in [7, 11) is 0. The molecule has 0 bridgehead atoms. The van der Waals surface area contributed by atoms with Gasteiger partial charge in [-0.15, -0.1) is 5.10 Å². The van der Waals surface area contributed by atoms with Crippen LogP contribution >= 0.6 is 0 Å². The Labute approximate surface area is 126 Å². The Balaban J connectivity index is 1.70. The molecule has 1 aromatic heterocycles. The highest BCUT2D eigenvalue weighted by Gasteiger charge is 2.28. The largest absolute Gasteiger partial charge is 0.347 e. The molecule has 1 atom stereocenters. The highest BCUT2D eigenvalue weighted by Crippen LogP contribution is 2.37. The van der Waals surface area contributed by atoms with Crippen LogP contribution in [0.1, 0.15) is 68.8 Å². The third-order valence-corrected chi connectivity index (χ3v) is 4.05. The van der Waals surface area contributed by atoms with Gasteiger partial charge in [0.25, 0.3) is 5.91 Å². The molecule has 6 heteroatoms. The van der Waals surface area contributed by atoms with Crippen molar-refractivity contribution in [3.63, 3.8) is 0 Å². The highest BCUT2D eigenvalue weighted by atomic mass is 16.2. The standard InChI is InChI=1S/C15H27N5O/c1-4-20(5-2)10-6-7-11(3)16-15(21)14-17-13(18-19-14)12-8-9-12/h11-12H,4-10H2,1-3H3,(H,16,21)(H,17,18,19). The molecule has 1 unspecified atom stereocenters. The number of carbonyl (C=O) groups is 1. The van der Waals surface area contributed by atoms with Crippen molar-refractivity contribution < 1.29 is 4.79 Å². The normalized spacial score (nSPS) is 16.2. The van der Waals surface area contributed by atoms with E-state index in [1.165, 1.54) is 0 Å². The van der Waals surface area contributed by atoms with Gasteiger partial charge >= 0.3 is 0 Å². The van der Waals surface area contributed by atoms with Crippen molar-refractivity contribution in [1.82, 2.24) is 25.4 Å². The Hall–Kier alpha value is -1.43. The average molecular weight is 293 g/mol. The van der Waals surface area contributed by atoms with Gasteiger partial charge in [0.1, 0.15) is 5.82 Å². The van der Waals surface area contributed by atoms with Crippen LogP contribution in [0.4, 0.5) is 0 Å². The fourth-order valence-electron chi connectivity index (χ4n) is 2.44. The third kappa shape index (κ3) is 4.81. The first-order valence-corrected chi connectivity index (χ1v) is 8.09. The molecule has 6 nitrogen and oxygen atoms in total.